The number of imide groups is 1. The number of nitrogens with zero attached hydrogens (tertiary/aromatic N) is 3. The Morgan fingerprint density at radius 1 is 0.971 bits per heavy atom. The van der Waals surface area contributed by atoms with Crippen LogP contribution in [0.5, 0.6) is 5.75 Å². The third-order valence-electron chi connectivity index (χ3n) is 5.09. The highest BCUT2D eigenvalue weighted by atomic mass is 32.2. The summed E-state index contributed by atoms with van der Waals surface area (Å²) in [5.74, 6) is -0.649. The van der Waals surface area contributed by atoms with Gasteiger partial charge in [0.2, 0.25) is 0 Å². The Hall–Kier alpha value is -3.92. The number of carbonyl (C=O) groups excluding carboxylic acids is 2. The third-order valence-corrected chi connectivity index (χ3v) is 5.99. The van der Waals surface area contributed by atoms with E-state index in [1.807, 2.05) is 31.2 Å². The monoisotopic (exact) mass is 497 g/mol. The molecule has 0 aromatic heterocycles. The largest absolute Gasteiger partial charge is 0.507 e. The SMILES string of the molecule is Cc1ccc(CN2C(=O)S/C(=C\c3cc(N=Nc4cccc(C(F)(F)F)c4)ccc3O)C2=O)cc1. The van der Waals surface area contributed by atoms with Crippen LogP contribution < -0.4 is 0 Å². The maximum Gasteiger partial charge on any atom is 0.416 e. The number of hydrogen-bond acceptors (Lipinski definition) is 6. The van der Waals surface area contributed by atoms with Crippen LogP contribution >= 0.6 is 11.8 Å². The van der Waals surface area contributed by atoms with Crippen molar-refractivity contribution in [3.63, 3.8) is 0 Å². The number of phenols is 1. The second-order valence-corrected chi connectivity index (χ2v) is 8.74. The fourth-order valence-electron chi connectivity index (χ4n) is 3.23. The Balaban J connectivity index is 1.54. The van der Waals surface area contributed by atoms with Gasteiger partial charge in [-0.2, -0.15) is 23.4 Å². The summed E-state index contributed by atoms with van der Waals surface area (Å²) in [6.45, 7) is 2.06. The Kier molecular flexibility index (Phi) is 6.74. The summed E-state index contributed by atoms with van der Waals surface area (Å²) in [5.41, 5.74) is 1.48. The van der Waals surface area contributed by atoms with E-state index < -0.39 is 22.9 Å². The fraction of sp³-hybridized carbons (Fsp3) is 0.120. The van der Waals surface area contributed by atoms with Gasteiger partial charge in [0.15, 0.2) is 0 Å². The molecule has 3 aromatic rings. The van der Waals surface area contributed by atoms with Gasteiger partial charge < -0.3 is 5.11 Å². The molecule has 0 radical (unpaired) electrons. The minimum atomic E-state index is -4.50. The van der Waals surface area contributed by atoms with Crippen LogP contribution in [0, 0.1) is 6.92 Å². The zero-order valence-electron chi connectivity index (χ0n) is 18.3. The van der Waals surface area contributed by atoms with Gasteiger partial charge in [0.25, 0.3) is 11.1 Å². The first kappa shape index (κ1) is 24.2. The number of carbonyl (C=O) groups is 2. The van der Waals surface area contributed by atoms with Gasteiger partial charge in [0.1, 0.15) is 5.75 Å². The highest BCUT2D eigenvalue weighted by molar-refractivity contribution is 8.18. The number of azo groups is 1. The van der Waals surface area contributed by atoms with Crippen LogP contribution in [-0.2, 0) is 17.5 Å². The molecule has 10 heteroatoms. The van der Waals surface area contributed by atoms with Gasteiger partial charge in [-0.15, -0.1) is 0 Å². The first-order valence-electron chi connectivity index (χ1n) is 10.3. The number of amides is 2. The Labute approximate surface area is 202 Å². The van der Waals surface area contributed by atoms with Gasteiger partial charge >= 0.3 is 6.18 Å². The number of halogens is 3. The number of hydrogen-bond donors (Lipinski definition) is 1. The summed E-state index contributed by atoms with van der Waals surface area (Å²) in [5, 5.41) is 17.6. The molecule has 0 bridgehead atoms. The van der Waals surface area contributed by atoms with E-state index in [0.29, 0.717) is 0 Å². The Bertz CT molecular complexity index is 1350. The van der Waals surface area contributed by atoms with Gasteiger partial charge in [0.05, 0.1) is 28.4 Å². The van der Waals surface area contributed by atoms with E-state index in [4.69, 9.17) is 0 Å². The molecule has 3 aromatic carbocycles. The summed E-state index contributed by atoms with van der Waals surface area (Å²) in [7, 11) is 0. The van der Waals surface area contributed by atoms with E-state index in [0.717, 1.165) is 39.9 Å². The van der Waals surface area contributed by atoms with Gasteiger partial charge in [-0.25, -0.2) is 0 Å². The van der Waals surface area contributed by atoms with E-state index in [-0.39, 0.29) is 34.1 Å². The second-order valence-electron chi connectivity index (χ2n) is 7.74. The molecule has 178 valence electrons. The maximum absolute atomic E-state index is 12.9. The molecule has 0 unspecified atom stereocenters. The topological polar surface area (TPSA) is 82.3 Å². The standard InChI is InChI=1S/C25H18F3N3O3S/c1-15-5-7-16(8-6-15)14-31-23(33)22(35-24(31)34)12-17-11-20(9-10-21(17)32)30-29-19-4-2-3-18(13-19)25(26,27)28/h2-13,32H,14H2,1H3/b22-12-,30-29?. The quantitative estimate of drug-likeness (QED) is 0.295. The van der Waals surface area contributed by atoms with E-state index in [1.54, 1.807) is 0 Å². The number of aryl methyl sites for hydroxylation is 1. The number of thioether (sulfide) groups is 1. The highest BCUT2D eigenvalue weighted by Gasteiger charge is 2.35. The smallest absolute Gasteiger partial charge is 0.416 e. The van der Waals surface area contributed by atoms with Crippen molar-refractivity contribution in [1.82, 2.24) is 4.90 Å². The summed E-state index contributed by atoms with van der Waals surface area (Å²) < 4.78 is 38.7. The van der Waals surface area contributed by atoms with E-state index >= 15 is 0 Å². The molecule has 1 heterocycles. The van der Waals surface area contributed by atoms with Crippen LogP contribution in [0.25, 0.3) is 6.08 Å². The lowest BCUT2D eigenvalue weighted by molar-refractivity contribution is -0.137. The first-order valence-corrected chi connectivity index (χ1v) is 11.1. The molecule has 6 nitrogen and oxygen atoms in total. The third kappa shape index (κ3) is 5.78. The molecule has 1 aliphatic heterocycles. The second kappa shape index (κ2) is 9.75. The van der Waals surface area contributed by atoms with Crippen LogP contribution in [-0.4, -0.2) is 21.2 Å². The number of benzene rings is 3. The fourth-order valence-corrected chi connectivity index (χ4v) is 4.06. The number of alkyl halides is 3. The highest BCUT2D eigenvalue weighted by Crippen LogP contribution is 2.36. The molecule has 1 N–H and O–H groups in total. The average molecular weight is 497 g/mol. The Morgan fingerprint density at radius 3 is 2.34 bits per heavy atom. The van der Waals surface area contributed by atoms with Gasteiger partial charge in [-0.05, 0) is 66.7 Å². The predicted octanol–water partition coefficient (Wildman–Crippen LogP) is 7.37. The molecule has 0 spiro atoms. The minimum absolute atomic E-state index is 0.00618. The molecule has 0 atom stereocenters. The molecular weight excluding hydrogens is 479 g/mol. The lowest BCUT2D eigenvalue weighted by Crippen LogP contribution is -2.27. The molecule has 1 aliphatic rings. The van der Waals surface area contributed by atoms with Crippen molar-refractivity contribution in [2.45, 2.75) is 19.6 Å². The van der Waals surface area contributed by atoms with Crippen LogP contribution in [0.4, 0.5) is 29.3 Å². The predicted molar refractivity (Wildman–Crippen MR) is 126 cm³/mol. The lowest BCUT2D eigenvalue weighted by Gasteiger charge is -2.12. The first-order chi connectivity index (χ1) is 16.6. The summed E-state index contributed by atoms with van der Waals surface area (Å²) >= 11 is 0.755. The zero-order chi connectivity index (χ0) is 25.2. The van der Waals surface area contributed by atoms with Crippen LogP contribution in [0.15, 0.2) is 81.9 Å². The van der Waals surface area contributed by atoms with Crippen LogP contribution in [0.2, 0.25) is 0 Å². The molecular formula is C25H18F3N3O3S. The Morgan fingerprint density at radius 2 is 1.66 bits per heavy atom. The molecule has 0 saturated carbocycles. The molecule has 1 fully saturated rings. The van der Waals surface area contributed by atoms with Crippen molar-refractivity contribution in [3.05, 3.63) is 93.9 Å². The zero-order valence-corrected chi connectivity index (χ0v) is 19.1. The van der Waals surface area contributed by atoms with E-state index in [9.17, 15) is 27.9 Å². The number of aromatic hydroxyl groups is 1. The van der Waals surface area contributed by atoms with E-state index in [1.165, 1.54) is 36.4 Å². The molecule has 0 aliphatic carbocycles. The summed E-state index contributed by atoms with van der Waals surface area (Å²) in [4.78, 5) is 26.5. The number of rotatable bonds is 5. The van der Waals surface area contributed by atoms with Gasteiger partial charge in [0, 0.05) is 5.56 Å². The van der Waals surface area contributed by atoms with Crippen molar-refractivity contribution in [2.24, 2.45) is 10.2 Å². The van der Waals surface area contributed by atoms with E-state index in [2.05, 4.69) is 10.2 Å². The molecule has 1 saturated heterocycles. The van der Waals surface area contributed by atoms with Gasteiger partial charge in [-0.3, -0.25) is 14.5 Å². The van der Waals surface area contributed by atoms with Crippen LogP contribution in [0.3, 0.4) is 0 Å². The summed E-state index contributed by atoms with van der Waals surface area (Å²) in [6.07, 6.45) is -3.13. The van der Waals surface area contributed by atoms with Crippen LogP contribution in [0.1, 0.15) is 22.3 Å². The maximum atomic E-state index is 12.9. The van der Waals surface area contributed by atoms with Crippen molar-refractivity contribution in [1.29, 1.82) is 0 Å². The molecule has 35 heavy (non-hydrogen) atoms. The minimum Gasteiger partial charge on any atom is -0.507 e. The van der Waals surface area contributed by atoms with Crippen molar-refractivity contribution < 1.29 is 27.9 Å². The lowest BCUT2D eigenvalue weighted by atomic mass is 10.1. The van der Waals surface area contributed by atoms with Gasteiger partial charge in [-0.1, -0.05) is 35.9 Å². The molecule has 4 rings (SSSR count). The summed E-state index contributed by atoms with van der Waals surface area (Å²) in [6, 6.07) is 16.0. The normalized spacial score (nSPS) is 15.5. The van der Waals surface area contributed by atoms with Crippen molar-refractivity contribution in [3.8, 4) is 5.75 Å². The van der Waals surface area contributed by atoms with Crippen molar-refractivity contribution >= 4 is 40.4 Å². The average Bonchev–Trinajstić information content (AvgIpc) is 3.08. The number of phenolic OH excluding ortho intramolecular Hbond substituents is 1. The molecule has 2 amide bonds. The van der Waals surface area contributed by atoms with Crippen molar-refractivity contribution in [2.75, 3.05) is 0 Å².